The second kappa shape index (κ2) is 10.4. The topological polar surface area (TPSA) is 54.4 Å². The highest BCUT2D eigenvalue weighted by molar-refractivity contribution is 7.85. The Labute approximate surface area is 233 Å². The van der Waals surface area contributed by atoms with Gasteiger partial charge in [0.2, 0.25) is 0 Å². The molecule has 4 unspecified atom stereocenters. The lowest BCUT2D eigenvalue weighted by Gasteiger charge is -2.58. The Morgan fingerprint density at radius 2 is 1.76 bits per heavy atom. The molecular weight excluding hydrogens is 488 g/mol. The molecule has 0 aromatic heterocycles. The van der Waals surface area contributed by atoms with E-state index in [0.29, 0.717) is 11.3 Å². The third kappa shape index (κ3) is 4.95. The molecule has 1 aromatic carbocycles. The Balaban J connectivity index is 1.33. The van der Waals surface area contributed by atoms with Crippen molar-refractivity contribution in [3.8, 4) is 0 Å². The number of hydrogen-bond donors (Lipinski definition) is 1. The second-order valence-electron chi connectivity index (χ2n) is 14.7. The Kier molecular flexibility index (Phi) is 7.75. The molecule has 0 heterocycles. The molecule has 3 nitrogen and oxygen atoms in total. The number of allylic oxidation sites excluding steroid dienone is 2. The number of benzene rings is 1. The van der Waals surface area contributed by atoms with Crippen molar-refractivity contribution in [2.75, 3.05) is 0 Å². The largest absolute Gasteiger partial charge is 0.294 e. The fourth-order valence-electron chi connectivity index (χ4n) is 10.2. The van der Waals surface area contributed by atoms with Crippen molar-refractivity contribution < 1.29 is 13.0 Å². The maximum absolute atomic E-state index is 11.8. The summed E-state index contributed by atoms with van der Waals surface area (Å²) in [6, 6.07) is 5.13. The van der Waals surface area contributed by atoms with Crippen LogP contribution in [-0.2, 0) is 10.1 Å². The smallest absolute Gasteiger partial charge is 0.282 e. The Morgan fingerprint density at radius 1 is 1.00 bits per heavy atom. The van der Waals surface area contributed by atoms with Crippen molar-refractivity contribution in [2.24, 2.45) is 46.3 Å². The van der Waals surface area contributed by atoms with Crippen molar-refractivity contribution in [3.63, 3.8) is 0 Å². The summed E-state index contributed by atoms with van der Waals surface area (Å²) < 4.78 is 33.3. The first-order valence-corrected chi connectivity index (χ1v) is 17.1. The van der Waals surface area contributed by atoms with E-state index < -0.39 is 10.1 Å². The van der Waals surface area contributed by atoms with Gasteiger partial charge in [0.05, 0.1) is 4.90 Å². The van der Waals surface area contributed by atoms with Gasteiger partial charge >= 0.3 is 0 Å². The van der Waals surface area contributed by atoms with E-state index in [4.69, 9.17) is 0 Å². The van der Waals surface area contributed by atoms with Crippen LogP contribution in [0, 0.1) is 53.3 Å². The van der Waals surface area contributed by atoms with E-state index in [2.05, 4.69) is 47.6 Å². The van der Waals surface area contributed by atoms with Gasteiger partial charge in [-0.3, -0.25) is 4.55 Å². The van der Waals surface area contributed by atoms with Gasteiger partial charge in [-0.2, -0.15) is 8.42 Å². The van der Waals surface area contributed by atoms with Gasteiger partial charge in [0, 0.05) is 0 Å². The fourth-order valence-corrected chi connectivity index (χ4v) is 10.7. The quantitative estimate of drug-likeness (QED) is 0.277. The van der Waals surface area contributed by atoms with E-state index in [0.717, 1.165) is 59.5 Å². The summed E-state index contributed by atoms with van der Waals surface area (Å²) >= 11 is 0. The van der Waals surface area contributed by atoms with E-state index in [1.807, 2.05) is 6.07 Å². The summed E-state index contributed by atoms with van der Waals surface area (Å²) in [5, 5.41) is 0. The molecule has 0 spiro atoms. The van der Waals surface area contributed by atoms with Crippen molar-refractivity contribution in [1.82, 2.24) is 0 Å². The molecule has 0 aliphatic heterocycles. The SMILES string of the molecule is Cc1ccc(S(=O)(=O)O)cc1C1CC[C@@]2(C)C(=CCC3C2CC[C@@]2(C)C3CC[C@@H]2[C@H](C)CCCC(C)C)C1. The number of fused-ring (bicyclic) bond motifs is 5. The van der Waals surface area contributed by atoms with Crippen LogP contribution in [0.1, 0.15) is 122 Å². The summed E-state index contributed by atoms with van der Waals surface area (Å²) in [5.41, 5.74) is 4.67. The van der Waals surface area contributed by atoms with Gasteiger partial charge < -0.3 is 0 Å². The minimum atomic E-state index is -4.18. The third-order valence-electron chi connectivity index (χ3n) is 12.3. The lowest BCUT2D eigenvalue weighted by Crippen LogP contribution is -2.50. The maximum Gasteiger partial charge on any atom is 0.294 e. The molecule has 8 atom stereocenters. The Bertz CT molecular complexity index is 1170. The zero-order chi connectivity index (χ0) is 27.5. The first-order chi connectivity index (χ1) is 17.8. The van der Waals surface area contributed by atoms with Gasteiger partial charge in [-0.1, -0.05) is 71.6 Å². The van der Waals surface area contributed by atoms with Crippen molar-refractivity contribution in [1.29, 1.82) is 0 Å². The van der Waals surface area contributed by atoms with Crippen LogP contribution in [0.4, 0.5) is 0 Å². The highest BCUT2D eigenvalue weighted by Crippen LogP contribution is 2.68. The minimum absolute atomic E-state index is 0.0323. The maximum atomic E-state index is 11.8. The Hall–Kier alpha value is -1.13. The molecule has 0 radical (unpaired) electrons. The van der Waals surface area contributed by atoms with E-state index in [1.54, 1.807) is 11.6 Å². The lowest BCUT2D eigenvalue weighted by molar-refractivity contribution is -0.0510. The minimum Gasteiger partial charge on any atom is -0.282 e. The van der Waals surface area contributed by atoms with E-state index >= 15 is 0 Å². The first kappa shape index (κ1) is 28.4. The first-order valence-electron chi connectivity index (χ1n) is 15.6. The summed E-state index contributed by atoms with van der Waals surface area (Å²) in [6.45, 7) is 14.6. The summed E-state index contributed by atoms with van der Waals surface area (Å²) in [7, 11) is -4.18. The number of aryl methyl sites for hydroxylation is 1. The number of hydrogen-bond acceptors (Lipinski definition) is 2. The predicted molar refractivity (Wildman–Crippen MR) is 157 cm³/mol. The molecule has 4 aliphatic rings. The van der Waals surface area contributed by atoms with E-state index in [1.165, 1.54) is 63.9 Å². The molecule has 0 bridgehead atoms. The normalized spacial score (nSPS) is 37.8. The van der Waals surface area contributed by atoms with E-state index in [-0.39, 0.29) is 10.3 Å². The second-order valence-corrected chi connectivity index (χ2v) is 16.1. The zero-order valence-electron chi connectivity index (χ0n) is 24.8. The predicted octanol–water partition coefficient (Wildman–Crippen LogP) is 9.37. The molecule has 0 saturated heterocycles. The molecule has 0 amide bonds. The molecule has 4 aliphatic carbocycles. The van der Waals surface area contributed by atoms with Gasteiger partial charge in [0.1, 0.15) is 0 Å². The average molecular weight is 541 g/mol. The lowest BCUT2D eigenvalue weighted by atomic mass is 9.46. The molecule has 38 heavy (non-hydrogen) atoms. The van der Waals surface area contributed by atoms with Crippen molar-refractivity contribution >= 4 is 10.1 Å². The van der Waals surface area contributed by atoms with Gasteiger partial charge in [-0.25, -0.2) is 0 Å². The standard InChI is InChI=1S/C34H52O3S/c1-22(2)8-7-9-24(4)30-14-15-31-28-13-11-26-20-25(29-21-27(38(35,36)37)12-10-23(29)3)16-18-33(26,5)32(28)17-19-34(30,31)6/h10-12,21-22,24-25,28,30-32H,7-9,13-20H2,1-6H3,(H,35,36,37)/t24-,25?,28?,30-,31?,32?,33+,34-/m1/s1. The molecule has 4 heteroatoms. The highest BCUT2D eigenvalue weighted by Gasteiger charge is 2.59. The molecule has 212 valence electrons. The van der Waals surface area contributed by atoms with Gasteiger partial charge in [0.25, 0.3) is 10.1 Å². The molecule has 3 saturated carbocycles. The molecule has 1 N–H and O–H groups in total. The van der Waals surface area contributed by atoms with Gasteiger partial charge in [-0.05, 0) is 134 Å². The van der Waals surface area contributed by atoms with Crippen LogP contribution in [0.5, 0.6) is 0 Å². The van der Waals surface area contributed by atoms with Gasteiger partial charge in [-0.15, -0.1) is 0 Å². The fraction of sp³-hybridized carbons (Fsp3) is 0.765. The highest BCUT2D eigenvalue weighted by atomic mass is 32.2. The van der Waals surface area contributed by atoms with Crippen LogP contribution >= 0.6 is 0 Å². The monoisotopic (exact) mass is 540 g/mol. The molecule has 3 fully saturated rings. The summed E-state index contributed by atoms with van der Waals surface area (Å²) in [6.07, 6.45) is 17.0. The number of rotatable bonds is 7. The van der Waals surface area contributed by atoms with Gasteiger partial charge in [0.15, 0.2) is 0 Å². The summed E-state index contributed by atoms with van der Waals surface area (Å²) in [4.78, 5) is 0.0323. The van der Waals surface area contributed by atoms with Crippen LogP contribution in [0.3, 0.4) is 0 Å². The summed E-state index contributed by atoms with van der Waals surface area (Å²) in [5.74, 6) is 5.40. The molecule has 1 aromatic rings. The van der Waals surface area contributed by atoms with Crippen molar-refractivity contribution in [2.45, 2.75) is 123 Å². The molecule has 5 rings (SSSR count). The van der Waals surface area contributed by atoms with Crippen molar-refractivity contribution in [3.05, 3.63) is 41.0 Å². The Morgan fingerprint density at radius 3 is 2.47 bits per heavy atom. The van der Waals surface area contributed by atoms with E-state index in [9.17, 15) is 13.0 Å². The van der Waals surface area contributed by atoms with Crippen LogP contribution in [0.2, 0.25) is 0 Å². The molecular formula is C34H52O3S. The van der Waals surface area contributed by atoms with Crippen LogP contribution in [0.15, 0.2) is 34.7 Å². The van der Waals surface area contributed by atoms with Crippen LogP contribution in [-0.4, -0.2) is 13.0 Å². The average Bonchev–Trinajstić information content (AvgIpc) is 3.20. The zero-order valence-corrected chi connectivity index (χ0v) is 25.6. The third-order valence-corrected chi connectivity index (χ3v) is 13.1. The van der Waals surface area contributed by atoms with Crippen LogP contribution < -0.4 is 0 Å². The van der Waals surface area contributed by atoms with Crippen LogP contribution in [0.25, 0.3) is 0 Å².